The van der Waals surface area contributed by atoms with Gasteiger partial charge in [-0.15, -0.1) is 0 Å². The number of hydrogen-bond donors (Lipinski definition) is 4. The van der Waals surface area contributed by atoms with E-state index >= 15 is 0 Å². The Morgan fingerprint density at radius 2 is 1.91 bits per heavy atom. The molecule has 8 unspecified atom stereocenters. The van der Waals surface area contributed by atoms with E-state index in [0.29, 0.717) is 31.8 Å². The summed E-state index contributed by atoms with van der Waals surface area (Å²) in [6, 6.07) is -1.89. The Morgan fingerprint density at radius 3 is 2.64 bits per heavy atom. The molecular formula is C20H35F3N6O3S. The molecule has 0 aromatic heterocycles. The van der Waals surface area contributed by atoms with Crippen LogP contribution >= 0.6 is 0 Å². The highest BCUT2D eigenvalue weighted by molar-refractivity contribution is 7.90. The third kappa shape index (κ3) is 4.67. The van der Waals surface area contributed by atoms with Crippen LogP contribution in [0.3, 0.4) is 0 Å². The third-order valence-electron chi connectivity index (χ3n) is 8.26. The fourth-order valence-electron chi connectivity index (χ4n) is 6.60. The highest BCUT2D eigenvalue weighted by atomic mass is 32.2. The number of ether oxygens (including phenoxy) is 1. The van der Waals surface area contributed by atoms with E-state index in [1.807, 2.05) is 12.1 Å². The number of hydrogen-bond acceptors (Lipinski definition) is 8. The number of sulfonamides is 1. The standard InChI is InChI=1S/C20H35F3N6O3S/c1-28-18-12(9-25-28)3-2-4-15(18)27-33(30,31)13-5-6-17(24-10-13)29-16-7-8-32-11-14(16)19(26-29)20(21,22)23/h12-19,24-27H,2-11H2,1H3. The van der Waals surface area contributed by atoms with Crippen LogP contribution in [0.5, 0.6) is 0 Å². The normalized spacial score (nSPS) is 43.4. The quantitative estimate of drug-likeness (QED) is 0.436. The van der Waals surface area contributed by atoms with E-state index in [1.165, 1.54) is 0 Å². The van der Waals surface area contributed by atoms with Crippen molar-refractivity contribution in [1.82, 2.24) is 30.9 Å². The minimum Gasteiger partial charge on any atom is -0.381 e. The van der Waals surface area contributed by atoms with Gasteiger partial charge in [0.25, 0.3) is 0 Å². The van der Waals surface area contributed by atoms with Gasteiger partial charge in [0.05, 0.1) is 18.0 Å². The van der Waals surface area contributed by atoms with Crippen LogP contribution in [0.15, 0.2) is 0 Å². The number of alkyl halides is 3. The number of rotatable bonds is 4. The summed E-state index contributed by atoms with van der Waals surface area (Å²) in [5.41, 5.74) is 6.00. The first-order valence-electron chi connectivity index (χ1n) is 12.0. The predicted octanol–water partition coefficient (Wildman–Crippen LogP) is 0.127. The number of hydrazine groups is 2. The monoisotopic (exact) mass is 496 g/mol. The molecule has 4 saturated heterocycles. The number of halogens is 3. The molecule has 13 heteroatoms. The molecule has 4 N–H and O–H groups in total. The first kappa shape index (κ1) is 24.2. The lowest BCUT2D eigenvalue weighted by Gasteiger charge is -2.41. The van der Waals surface area contributed by atoms with Gasteiger partial charge < -0.3 is 4.74 Å². The summed E-state index contributed by atoms with van der Waals surface area (Å²) in [5.74, 6) is -0.208. The number of nitrogens with zero attached hydrogens (tertiary/aromatic N) is 2. The number of nitrogens with one attached hydrogen (secondary N) is 4. The van der Waals surface area contributed by atoms with Crippen LogP contribution in [-0.2, 0) is 14.8 Å². The lowest BCUT2D eigenvalue weighted by molar-refractivity contribution is -0.170. The van der Waals surface area contributed by atoms with Crippen molar-refractivity contribution >= 4 is 10.0 Å². The van der Waals surface area contributed by atoms with Gasteiger partial charge in [0, 0.05) is 50.8 Å². The molecule has 0 amide bonds. The smallest absolute Gasteiger partial charge is 0.381 e. The van der Waals surface area contributed by atoms with Gasteiger partial charge in [0.1, 0.15) is 6.04 Å². The SMILES string of the molecule is CN1NCC2CCCC(NS(=O)(=O)C3CCC(N4NC(C(F)(F)F)C5COCCC54)NC3)C21. The summed E-state index contributed by atoms with van der Waals surface area (Å²) >= 11 is 0. The molecule has 4 aliphatic heterocycles. The van der Waals surface area contributed by atoms with Crippen LogP contribution in [0, 0.1) is 11.8 Å². The molecule has 0 radical (unpaired) electrons. The first-order chi connectivity index (χ1) is 15.6. The summed E-state index contributed by atoms with van der Waals surface area (Å²) in [6.07, 6.45) is -0.379. The average Bonchev–Trinajstić information content (AvgIpc) is 3.35. The number of fused-ring (bicyclic) bond motifs is 2. The van der Waals surface area contributed by atoms with Crippen LogP contribution in [-0.4, -0.2) is 93.5 Å². The maximum absolute atomic E-state index is 13.6. The van der Waals surface area contributed by atoms with Crippen molar-refractivity contribution in [2.45, 2.75) is 80.3 Å². The molecule has 0 aromatic rings. The van der Waals surface area contributed by atoms with Crippen molar-refractivity contribution in [3.8, 4) is 0 Å². The highest BCUT2D eigenvalue weighted by Gasteiger charge is 2.56. The van der Waals surface area contributed by atoms with Crippen LogP contribution in [0.1, 0.15) is 38.5 Å². The van der Waals surface area contributed by atoms with Crippen LogP contribution < -0.4 is 20.9 Å². The molecule has 8 atom stereocenters. The Morgan fingerprint density at radius 1 is 1.09 bits per heavy atom. The number of likely N-dealkylation sites (N-methyl/N-ethyl adjacent to an activating group) is 1. The largest absolute Gasteiger partial charge is 0.405 e. The van der Waals surface area contributed by atoms with Crippen LogP contribution in [0.4, 0.5) is 13.2 Å². The molecule has 0 aromatic carbocycles. The second-order valence-electron chi connectivity index (χ2n) is 10.2. The summed E-state index contributed by atoms with van der Waals surface area (Å²) in [7, 11) is -1.59. The average molecular weight is 497 g/mol. The molecule has 33 heavy (non-hydrogen) atoms. The lowest BCUT2D eigenvalue weighted by Crippen LogP contribution is -2.61. The van der Waals surface area contributed by atoms with Gasteiger partial charge in [-0.3, -0.25) is 10.7 Å². The molecule has 0 spiro atoms. The Hall–Kier alpha value is -0.540. The van der Waals surface area contributed by atoms with E-state index in [-0.39, 0.29) is 37.4 Å². The Kier molecular flexibility index (Phi) is 6.71. The van der Waals surface area contributed by atoms with Crippen molar-refractivity contribution in [2.75, 3.05) is 33.4 Å². The van der Waals surface area contributed by atoms with Gasteiger partial charge in [-0.25, -0.2) is 28.6 Å². The second-order valence-corrected chi connectivity index (χ2v) is 12.2. The lowest BCUT2D eigenvalue weighted by atomic mass is 9.82. The zero-order valence-electron chi connectivity index (χ0n) is 18.9. The minimum atomic E-state index is -4.36. The molecule has 5 aliphatic rings. The topological polar surface area (TPSA) is 98.0 Å². The van der Waals surface area contributed by atoms with E-state index in [2.05, 4.69) is 20.9 Å². The molecular weight excluding hydrogens is 461 g/mol. The van der Waals surface area contributed by atoms with Crippen LogP contribution in [0.2, 0.25) is 0 Å². The Balaban J connectivity index is 1.21. The third-order valence-corrected chi connectivity index (χ3v) is 10.2. The summed E-state index contributed by atoms with van der Waals surface area (Å²) in [5, 5.41) is 6.35. The Labute approximate surface area is 193 Å². The molecule has 4 heterocycles. The molecule has 0 bridgehead atoms. The second kappa shape index (κ2) is 9.16. The van der Waals surface area contributed by atoms with Crippen molar-refractivity contribution in [1.29, 1.82) is 0 Å². The van der Waals surface area contributed by atoms with Crippen molar-refractivity contribution in [3.63, 3.8) is 0 Å². The van der Waals surface area contributed by atoms with E-state index in [1.54, 1.807) is 5.01 Å². The van der Waals surface area contributed by atoms with Gasteiger partial charge in [-0.2, -0.15) is 13.2 Å². The minimum absolute atomic E-state index is 0.0822. The number of piperidine rings is 1. The van der Waals surface area contributed by atoms with Crippen molar-refractivity contribution < 1.29 is 26.3 Å². The van der Waals surface area contributed by atoms with Gasteiger partial charge in [-0.1, -0.05) is 6.42 Å². The van der Waals surface area contributed by atoms with E-state index in [4.69, 9.17) is 4.74 Å². The highest BCUT2D eigenvalue weighted by Crippen LogP contribution is 2.39. The van der Waals surface area contributed by atoms with Crippen LogP contribution in [0.25, 0.3) is 0 Å². The fourth-order valence-corrected chi connectivity index (χ4v) is 8.23. The van der Waals surface area contributed by atoms with Crippen molar-refractivity contribution in [3.05, 3.63) is 0 Å². The summed E-state index contributed by atoms with van der Waals surface area (Å²) in [6.45, 7) is 1.61. The summed E-state index contributed by atoms with van der Waals surface area (Å²) < 4.78 is 75.4. The van der Waals surface area contributed by atoms with E-state index in [0.717, 1.165) is 25.8 Å². The molecule has 5 fully saturated rings. The van der Waals surface area contributed by atoms with Gasteiger partial charge in [0.15, 0.2) is 0 Å². The first-order valence-corrected chi connectivity index (χ1v) is 13.6. The van der Waals surface area contributed by atoms with Crippen molar-refractivity contribution in [2.24, 2.45) is 11.8 Å². The summed E-state index contributed by atoms with van der Waals surface area (Å²) in [4.78, 5) is 0. The van der Waals surface area contributed by atoms with Gasteiger partial charge >= 0.3 is 6.18 Å². The van der Waals surface area contributed by atoms with E-state index < -0.39 is 33.4 Å². The molecule has 5 rings (SSSR count). The van der Waals surface area contributed by atoms with E-state index in [9.17, 15) is 21.6 Å². The zero-order chi connectivity index (χ0) is 23.4. The molecule has 1 saturated carbocycles. The molecule has 190 valence electrons. The maximum atomic E-state index is 13.6. The van der Waals surface area contributed by atoms with Gasteiger partial charge in [0.2, 0.25) is 10.0 Å². The molecule has 1 aliphatic carbocycles. The fraction of sp³-hybridized carbons (Fsp3) is 1.00. The predicted molar refractivity (Wildman–Crippen MR) is 115 cm³/mol. The zero-order valence-corrected chi connectivity index (χ0v) is 19.7. The Bertz CT molecular complexity index is 807. The molecule has 9 nitrogen and oxygen atoms in total. The maximum Gasteiger partial charge on any atom is 0.405 e. The van der Waals surface area contributed by atoms with Gasteiger partial charge in [-0.05, 0) is 38.0 Å².